The molecule has 0 aliphatic carbocycles. The molecule has 2 fully saturated rings. The van der Waals surface area contributed by atoms with E-state index < -0.39 is 47.2 Å². The number of carbonyl (C=O) groups is 4. The van der Waals surface area contributed by atoms with Crippen molar-refractivity contribution >= 4 is 41.2 Å². The number of anilines is 1. The normalized spacial score (nSPS) is 23.1. The molecule has 2 saturated heterocycles. The van der Waals surface area contributed by atoms with Gasteiger partial charge < -0.3 is 26.0 Å². The van der Waals surface area contributed by atoms with Crippen LogP contribution in [0.15, 0.2) is 41.1 Å². The summed E-state index contributed by atoms with van der Waals surface area (Å²) in [6.45, 7) is 0.228. The molecule has 2 atom stereocenters. The number of alkyl halides is 3. The molecular formula is C20H17F4N3O7S. The van der Waals surface area contributed by atoms with Crippen molar-refractivity contribution in [2.75, 3.05) is 17.2 Å². The minimum atomic E-state index is -5.08. The smallest absolute Gasteiger partial charge is 0.490 e. The van der Waals surface area contributed by atoms with Crippen molar-refractivity contribution in [1.29, 1.82) is 0 Å². The van der Waals surface area contributed by atoms with Crippen LogP contribution in [0.3, 0.4) is 0 Å². The predicted molar refractivity (Wildman–Crippen MR) is 113 cm³/mol. The van der Waals surface area contributed by atoms with E-state index in [0.29, 0.717) is 23.3 Å². The lowest BCUT2D eigenvalue weighted by Crippen LogP contribution is -2.68. The summed E-state index contributed by atoms with van der Waals surface area (Å²) in [6, 6.07) is 2.80. The standard InChI is InChI=1S/C18H16FN3O5S.C2HF3O2/c19-11-6-10(23)1-2-12(11)21-4-3-8(15(21)24)5-9-7-28-17-13(20)16(25)22(17)14(9)18(26)27;3-2(4,5)1(6)7/h1-2,5-6,13,17,23H,3-4,7,20H2,(H,26,27);(H,6,7)/b8-5+;/t13-,17-;/m1./s1. The van der Waals surface area contributed by atoms with Gasteiger partial charge in [0.1, 0.15) is 22.9 Å². The molecule has 4 rings (SSSR count). The van der Waals surface area contributed by atoms with Gasteiger partial charge in [0.25, 0.3) is 5.91 Å². The molecule has 3 aliphatic rings. The first-order valence-electron chi connectivity index (χ1n) is 9.71. The number of thioether (sulfide) groups is 1. The number of carbonyl (C=O) groups excluding carboxylic acids is 2. The van der Waals surface area contributed by atoms with E-state index in [4.69, 9.17) is 15.6 Å². The fourth-order valence-corrected chi connectivity index (χ4v) is 4.81. The summed E-state index contributed by atoms with van der Waals surface area (Å²) in [5.41, 5.74) is 6.28. The maximum Gasteiger partial charge on any atom is 0.490 e. The van der Waals surface area contributed by atoms with E-state index in [-0.39, 0.29) is 23.7 Å². The molecule has 0 saturated carbocycles. The van der Waals surface area contributed by atoms with E-state index in [1.165, 1.54) is 34.9 Å². The number of halogens is 4. The highest BCUT2D eigenvalue weighted by molar-refractivity contribution is 8.00. The highest BCUT2D eigenvalue weighted by Crippen LogP contribution is 2.40. The van der Waals surface area contributed by atoms with Crippen molar-refractivity contribution < 1.29 is 52.1 Å². The Bertz CT molecular complexity index is 1170. The van der Waals surface area contributed by atoms with E-state index in [2.05, 4.69) is 0 Å². The molecule has 2 amide bonds. The average molecular weight is 519 g/mol. The number of amides is 2. The van der Waals surface area contributed by atoms with Crippen molar-refractivity contribution in [2.24, 2.45) is 5.73 Å². The van der Waals surface area contributed by atoms with Crippen LogP contribution in [0.5, 0.6) is 5.75 Å². The number of β-lactam (4-membered cyclic amide) rings is 1. The van der Waals surface area contributed by atoms with Gasteiger partial charge in [-0.15, -0.1) is 11.8 Å². The van der Waals surface area contributed by atoms with Crippen molar-refractivity contribution in [3.8, 4) is 5.75 Å². The summed E-state index contributed by atoms with van der Waals surface area (Å²) in [5.74, 6) is -5.59. The lowest BCUT2D eigenvalue weighted by molar-refractivity contribution is -0.192. The molecule has 35 heavy (non-hydrogen) atoms. The number of aliphatic carboxylic acids is 2. The third-order valence-electron chi connectivity index (χ3n) is 5.18. The molecule has 0 unspecified atom stereocenters. The number of allylic oxidation sites excluding steroid dienone is 1. The Morgan fingerprint density at radius 3 is 2.37 bits per heavy atom. The highest BCUT2D eigenvalue weighted by Gasteiger charge is 2.51. The van der Waals surface area contributed by atoms with Crippen LogP contribution in [-0.2, 0) is 19.2 Å². The largest absolute Gasteiger partial charge is 0.508 e. The fourth-order valence-electron chi connectivity index (χ4n) is 3.55. The SMILES string of the molecule is N[C@@H]1C(=O)N2C(C(=O)O)=C(/C=C3\CCN(c4ccc(O)cc4F)C3=O)CS[C@H]12.O=C(O)C(F)(F)F. The second-order valence-electron chi connectivity index (χ2n) is 7.43. The van der Waals surface area contributed by atoms with Gasteiger partial charge in [0.2, 0.25) is 5.91 Å². The van der Waals surface area contributed by atoms with Crippen LogP contribution in [0.1, 0.15) is 6.42 Å². The third-order valence-corrected chi connectivity index (χ3v) is 6.50. The number of aromatic hydroxyl groups is 1. The maximum absolute atomic E-state index is 14.1. The Morgan fingerprint density at radius 1 is 1.20 bits per heavy atom. The summed E-state index contributed by atoms with van der Waals surface area (Å²) in [4.78, 5) is 47.7. The van der Waals surface area contributed by atoms with E-state index in [1.54, 1.807) is 0 Å². The lowest BCUT2D eigenvalue weighted by atomic mass is 10.0. The Morgan fingerprint density at radius 2 is 1.83 bits per heavy atom. The highest BCUT2D eigenvalue weighted by atomic mass is 32.2. The van der Waals surface area contributed by atoms with Crippen molar-refractivity contribution in [3.05, 3.63) is 46.9 Å². The van der Waals surface area contributed by atoms with Gasteiger partial charge in [0.05, 0.1) is 5.69 Å². The zero-order chi connectivity index (χ0) is 26.2. The maximum atomic E-state index is 14.1. The predicted octanol–water partition coefficient (Wildman–Crippen LogP) is 1.41. The zero-order valence-corrected chi connectivity index (χ0v) is 18.3. The molecule has 15 heteroatoms. The van der Waals surface area contributed by atoms with Gasteiger partial charge in [0, 0.05) is 23.9 Å². The Kier molecular flexibility index (Phi) is 7.12. The molecule has 10 nitrogen and oxygen atoms in total. The number of fused-ring (bicyclic) bond motifs is 1. The number of carboxylic acids is 2. The number of carboxylic acid groups (broad SMARTS) is 2. The summed E-state index contributed by atoms with van der Waals surface area (Å²) in [6.07, 6.45) is -3.30. The van der Waals surface area contributed by atoms with Crippen molar-refractivity contribution in [2.45, 2.75) is 24.0 Å². The number of nitrogens with zero attached hydrogens (tertiary/aromatic N) is 2. The number of phenolic OH excluding ortho intramolecular Hbond substituents is 1. The molecule has 0 aromatic heterocycles. The van der Waals surface area contributed by atoms with Crippen LogP contribution in [0.4, 0.5) is 23.2 Å². The van der Waals surface area contributed by atoms with Gasteiger partial charge in [-0.05, 0) is 30.2 Å². The monoisotopic (exact) mass is 519 g/mol. The number of phenols is 1. The fraction of sp³-hybridized carbons (Fsp3) is 0.300. The van der Waals surface area contributed by atoms with Crippen molar-refractivity contribution in [3.63, 3.8) is 0 Å². The Balaban J connectivity index is 0.000000429. The van der Waals surface area contributed by atoms with E-state index in [0.717, 1.165) is 11.0 Å². The van der Waals surface area contributed by atoms with Gasteiger partial charge in [-0.1, -0.05) is 0 Å². The minimum absolute atomic E-state index is 0.0422. The molecule has 0 radical (unpaired) electrons. The first kappa shape index (κ1) is 26.0. The van der Waals surface area contributed by atoms with E-state index >= 15 is 0 Å². The summed E-state index contributed by atoms with van der Waals surface area (Å²) in [7, 11) is 0. The molecule has 5 N–H and O–H groups in total. The third kappa shape index (κ3) is 5.09. The molecule has 0 spiro atoms. The minimum Gasteiger partial charge on any atom is -0.508 e. The number of nitrogens with two attached hydrogens (primary N) is 1. The van der Waals surface area contributed by atoms with Gasteiger partial charge in [0.15, 0.2) is 5.82 Å². The van der Waals surface area contributed by atoms with Gasteiger partial charge in [-0.25, -0.2) is 14.0 Å². The van der Waals surface area contributed by atoms with Crippen LogP contribution in [-0.4, -0.2) is 73.9 Å². The van der Waals surface area contributed by atoms with Gasteiger partial charge in [-0.2, -0.15) is 13.2 Å². The van der Waals surface area contributed by atoms with Crippen LogP contribution < -0.4 is 10.6 Å². The topological polar surface area (TPSA) is 161 Å². The molecule has 3 aliphatic heterocycles. The molecular weight excluding hydrogens is 502 g/mol. The zero-order valence-electron chi connectivity index (χ0n) is 17.5. The van der Waals surface area contributed by atoms with Crippen LogP contribution in [0, 0.1) is 5.82 Å². The number of hydrogen-bond acceptors (Lipinski definition) is 7. The van der Waals surface area contributed by atoms with Crippen LogP contribution >= 0.6 is 11.8 Å². The van der Waals surface area contributed by atoms with E-state index in [1.807, 2.05) is 0 Å². The number of hydrogen-bond donors (Lipinski definition) is 4. The summed E-state index contributed by atoms with van der Waals surface area (Å²) < 4.78 is 45.8. The molecule has 0 bridgehead atoms. The summed E-state index contributed by atoms with van der Waals surface area (Å²) >= 11 is 1.34. The summed E-state index contributed by atoms with van der Waals surface area (Å²) in [5, 5.41) is 25.6. The average Bonchev–Trinajstić information content (AvgIpc) is 3.12. The second kappa shape index (κ2) is 9.58. The molecule has 188 valence electrons. The lowest BCUT2D eigenvalue weighted by Gasteiger charge is -2.47. The van der Waals surface area contributed by atoms with Crippen LogP contribution in [0.2, 0.25) is 0 Å². The second-order valence-corrected chi connectivity index (χ2v) is 8.53. The first-order valence-corrected chi connectivity index (χ1v) is 10.8. The first-order chi connectivity index (χ1) is 16.2. The Labute approximate surface area is 198 Å². The van der Waals surface area contributed by atoms with Gasteiger partial charge >= 0.3 is 18.1 Å². The number of rotatable bonds is 3. The Hall–Kier alpha value is -3.59. The molecule has 3 heterocycles. The van der Waals surface area contributed by atoms with Gasteiger partial charge in [-0.3, -0.25) is 14.5 Å². The number of benzene rings is 1. The van der Waals surface area contributed by atoms with E-state index in [9.17, 15) is 42.2 Å². The van der Waals surface area contributed by atoms with Crippen LogP contribution in [0.25, 0.3) is 0 Å². The quantitative estimate of drug-likeness (QED) is 0.263. The molecule has 1 aromatic rings. The van der Waals surface area contributed by atoms with Crippen molar-refractivity contribution in [1.82, 2.24) is 4.90 Å². The molecule has 1 aromatic carbocycles.